The third-order valence-electron chi connectivity index (χ3n) is 3.79. The quantitative estimate of drug-likeness (QED) is 0.865. The zero-order valence-corrected chi connectivity index (χ0v) is 12.5. The first-order valence-electron chi connectivity index (χ1n) is 6.49. The molecular formula is C14H20BrNO2. The Labute approximate surface area is 116 Å². The van der Waals surface area contributed by atoms with Gasteiger partial charge in [0.1, 0.15) is 0 Å². The van der Waals surface area contributed by atoms with Gasteiger partial charge in [-0.1, -0.05) is 35.7 Å². The summed E-state index contributed by atoms with van der Waals surface area (Å²) < 4.78 is 5.26. The molecule has 0 aromatic carbocycles. The van der Waals surface area contributed by atoms with Crippen LogP contribution >= 0.6 is 15.9 Å². The van der Waals surface area contributed by atoms with Crippen LogP contribution in [0, 0.1) is 12.8 Å². The third kappa shape index (κ3) is 2.79. The second-order valence-electron chi connectivity index (χ2n) is 5.50. The predicted octanol–water partition coefficient (Wildman–Crippen LogP) is 3.66. The highest BCUT2D eigenvalue weighted by Crippen LogP contribution is 2.34. The normalized spacial score (nSPS) is 28.1. The minimum atomic E-state index is -0.117. The van der Waals surface area contributed by atoms with Crippen LogP contribution in [0.2, 0.25) is 0 Å². The lowest BCUT2D eigenvalue weighted by Crippen LogP contribution is -2.52. The van der Waals surface area contributed by atoms with Crippen LogP contribution < -0.4 is 5.32 Å². The van der Waals surface area contributed by atoms with Crippen molar-refractivity contribution >= 4 is 21.8 Å². The number of nitrogens with one attached hydrogen (secondary N) is 1. The molecule has 1 saturated carbocycles. The predicted molar refractivity (Wildman–Crippen MR) is 75.1 cm³/mol. The molecule has 100 valence electrons. The van der Waals surface area contributed by atoms with Crippen molar-refractivity contribution in [3.8, 4) is 0 Å². The fraction of sp³-hybridized carbons (Fsp3) is 0.643. The van der Waals surface area contributed by atoms with E-state index in [1.165, 1.54) is 12.8 Å². The van der Waals surface area contributed by atoms with Crippen molar-refractivity contribution in [1.29, 1.82) is 0 Å². The number of halogens is 1. The molecule has 0 radical (unpaired) electrons. The first-order chi connectivity index (χ1) is 8.56. The number of carbonyl (C=O) groups is 1. The van der Waals surface area contributed by atoms with Gasteiger partial charge in [0.15, 0.2) is 5.76 Å². The molecule has 0 aliphatic heterocycles. The second kappa shape index (κ2) is 5.47. The van der Waals surface area contributed by atoms with Crippen molar-refractivity contribution in [1.82, 2.24) is 5.32 Å². The van der Waals surface area contributed by atoms with Gasteiger partial charge >= 0.3 is 0 Å². The average molecular weight is 314 g/mol. The summed E-state index contributed by atoms with van der Waals surface area (Å²) in [4.78, 5) is 12.2. The molecule has 2 atom stereocenters. The van der Waals surface area contributed by atoms with Gasteiger partial charge < -0.3 is 9.73 Å². The van der Waals surface area contributed by atoms with E-state index < -0.39 is 0 Å². The zero-order valence-electron chi connectivity index (χ0n) is 11.0. The van der Waals surface area contributed by atoms with Crippen molar-refractivity contribution in [2.75, 3.05) is 5.33 Å². The molecule has 1 aromatic heterocycles. The van der Waals surface area contributed by atoms with Gasteiger partial charge in [-0.25, -0.2) is 0 Å². The zero-order chi connectivity index (χ0) is 13.2. The van der Waals surface area contributed by atoms with Gasteiger partial charge in [0.05, 0.1) is 11.8 Å². The highest BCUT2D eigenvalue weighted by molar-refractivity contribution is 9.09. The SMILES string of the molecule is Cc1ccoc1C(=O)NC1(CBr)CCCC(C)C1. The van der Waals surface area contributed by atoms with Gasteiger partial charge in [-0.3, -0.25) is 4.79 Å². The molecule has 18 heavy (non-hydrogen) atoms. The van der Waals surface area contributed by atoms with Crippen LogP contribution in [-0.4, -0.2) is 16.8 Å². The number of amides is 1. The average Bonchev–Trinajstić information content (AvgIpc) is 2.75. The van der Waals surface area contributed by atoms with Crippen molar-refractivity contribution < 1.29 is 9.21 Å². The summed E-state index contributed by atoms with van der Waals surface area (Å²) in [6.45, 7) is 4.14. The Bertz CT molecular complexity index is 429. The van der Waals surface area contributed by atoms with Crippen LogP contribution in [0.5, 0.6) is 0 Å². The van der Waals surface area contributed by atoms with Crippen LogP contribution in [0.25, 0.3) is 0 Å². The molecule has 1 aromatic rings. The van der Waals surface area contributed by atoms with Crippen molar-refractivity contribution in [2.45, 2.75) is 45.1 Å². The van der Waals surface area contributed by atoms with E-state index in [4.69, 9.17) is 4.42 Å². The van der Waals surface area contributed by atoms with E-state index in [2.05, 4.69) is 28.2 Å². The molecule has 1 fully saturated rings. The molecule has 0 saturated heterocycles. The Hall–Kier alpha value is -0.770. The van der Waals surface area contributed by atoms with E-state index in [1.807, 2.05) is 13.0 Å². The van der Waals surface area contributed by atoms with Crippen LogP contribution in [0.15, 0.2) is 16.7 Å². The lowest BCUT2D eigenvalue weighted by atomic mass is 9.77. The monoisotopic (exact) mass is 313 g/mol. The summed E-state index contributed by atoms with van der Waals surface area (Å²) in [5.74, 6) is 1.01. The number of aryl methyl sites for hydroxylation is 1. The van der Waals surface area contributed by atoms with Crippen LogP contribution in [0.3, 0.4) is 0 Å². The smallest absolute Gasteiger partial charge is 0.287 e. The molecule has 1 N–H and O–H groups in total. The summed E-state index contributed by atoms with van der Waals surface area (Å²) in [6, 6.07) is 1.82. The molecule has 3 nitrogen and oxygen atoms in total. The van der Waals surface area contributed by atoms with E-state index >= 15 is 0 Å². The molecule has 1 aliphatic carbocycles. The minimum absolute atomic E-state index is 0.0916. The Morgan fingerprint density at radius 2 is 2.44 bits per heavy atom. The number of rotatable bonds is 3. The largest absolute Gasteiger partial charge is 0.459 e. The maximum absolute atomic E-state index is 12.2. The van der Waals surface area contributed by atoms with Crippen molar-refractivity contribution in [2.24, 2.45) is 5.92 Å². The maximum atomic E-state index is 12.2. The summed E-state index contributed by atoms with van der Waals surface area (Å²) in [5.41, 5.74) is 0.773. The molecule has 4 heteroatoms. The number of furan rings is 1. The molecular weight excluding hydrogens is 294 g/mol. The fourth-order valence-electron chi connectivity index (χ4n) is 2.83. The molecule has 0 bridgehead atoms. The van der Waals surface area contributed by atoms with Crippen molar-refractivity contribution in [3.05, 3.63) is 23.7 Å². The van der Waals surface area contributed by atoms with Gasteiger partial charge in [-0.2, -0.15) is 0 Å². The van der Waals surface area contributed by atoms with Gasteiger partial charge in [-0.15, -0.1) is 0 Å². The van der Waals surface area contributed by atoms with Crippen LogP contribution in [-0.2, 0) is 0 Å². The molecule has 2 rings (SSSR count). The first kappa shape index (κ1) is 13.7. The van der Waals surface area contributed by atoms with E-state index in [1.54, 1.807) is 6.26 Å². The first-order valence-corrected chi connectivity index (χ1v) is 7.61. The topological polar surface area (TPSA) is 42.2 Å². The molecule has 1 heterocycles. The number of hydrogen-bond acceptors (Lipinski definition) is 2. The standard InChI is InChI=1S/C14H20BrNO2/c1-10-4-3-6-14(8-10,9-15)16-13(17)12-11(2)5-7-18-12/h5,7,10H,3-4,6,8-9H2,1-2H3,(H,16,17). The summed E-state index contributed by atoms with van der Waals surface area (Å²) in [7, 11) is 0. The number of carbonyl (C=O) groups excluding carboxylic acids is 1. The fourth-order valence-corrected chi connectivity index (χ4v) is 3.48. The van der Waals surface area contributed by atoms with E-state index in [0.717, 1.165) is 23.7 Å². The van der Waals surface area contributed by atoms with Gasteiger partial charge in [0.25, 0.3) is 5.91 Å². The second-order valence-corrected chi connectivity index (χ2v) is 6.06. The highest BCUT2D eigenvalue weighted by Gasteiger charge is 2.36. The summed E-state index contributed by atoms with van der Waals surface area (Å²) in [6.07, 6.45) is 6.06. The van der Waals surface area contributed by atoms with E-state index in [0.29, 0.717) is 11.7 Å². The van der Waals surface area contributed by atoms with E-state index in [9.17, 15) is 4.79 Å². The van der Waals surface area contributed by atoms with Crippen LogP contribution in [0.4, 0.5) is 0 Å². The third-order valence-corrected chi connectivity index (χ3v) is 4.87. The molecule has 1 aliphatic rings. The Balaban J connectivity index is 2.11. The lowest BCUT2D eigenvalue weighted by molar-refractivity contribution is 0.0840. The molecule has 2 unspecified atom stereocenters. The van der Waals surface area contributed by atoms with Crippen molar-refractivity contribution in [3.63, 3.8) is 0 Å². The van der Waals surface area contributed by atoms with Crippen LogP contribution in [0.1, 0.15) is 48.7 Å². The molecule has 0 spiro atoms. The molecule has 1 amide bonds. The maximum Gasteiger partial charge on any atom is 0.287 e. The lowest BCUT2D eigenvalue weighted by Gasteiger charge is -2.39. The Kier molecular flexibility index (Phi) is 4.15. The van der Waals surface area contributed by atoms with Gasteiger partial charge in [-0.05, 0) is 31.7 Å². The Morgan fingerprint density at radius 1 is 1.67 bits per heavy atom. The summed E-state index contributed by atoms with van der Waals surface area (Å²) in [5, 5.41) is 3.98. The number of alkyl halides is 1. The highest BCUT2D eigenvalue weighted by atomic mass is 79.9. The number of hydrogen-bond donors (Lipinski definition) is 1. The van der Waals surface area contributed by atoms with Gasteiger partial charge in [0, 0.05) is 10.9 Å². The van der Waals surface area contributed by atoms with E-state index in [-0.39, 0.29) is 11.4 Å². The Morgan fingerprint density at radius 3 is 3.00 bits per heavy atom. The minimum Gasteiger partial charge on any atom is -0.459 e. The van der Waals surface area contributed by atoms with Gasteiger partial charge in [0.2, 0.25) is 0 Å². The summed E-state index contributed by atoms with van der Waals surface area (Å²) >= 11 is 3.56.